The molecule has 126 valence electrons. The van der Waals surface area contributed by atoms with E-state index in [-0.39, 0.29) is 29.7 Å². The van der Waals surface area contributed by atoms with Gasteiger partial charge in [0.05, 0.1) is 25.3 Å². The number of hydrogen-bond acceptors (Lipinski definition) is 5. The second kappa shape index (κ2) is 6.88. The Morgan fingerprint density at radius 1 is 1.42 bits per heavy atom. The molecule has 7 nitrogen and oxygen atoms in total. The number of methoxy groups -OCH3 is 1. The summed E-state index contributed by atoms with van der Waals surface area (Å²) in [6, 6.07) is 7.23. The third-order valence-corrected chi connectivity index (χ3v) is 4.61. The Labute approximate surface area is 142 Å². The fourth-order valence-electron chi connectivity index (χ4n) is 2.70. The van der Waals surface area contributed by atoms with Crippen LogP contribution < -0.4 is 19.8 Å². The monoisotopic (exact) mass is 347 g/mol. The summed E-state index contributed by atoms with van der Waals surface area (Å²) in [5.41, 5.74) is 1.33. The summed E-state index contributed by atoms with van der Waals surface area (Å²) >= 11 is 1.05. The predicted octanol–water partition coefficient (Wildman–Crippen LogP) is 1.11. The van der Waals surface area contributed by atoms with Gasteiger partial charge in [0, 0.05) is 24.0 Å². The second-order valence-corrected chi connectivity index (χ2v) is 6.31. The highest BCUT2D eigenvalue weighted by Crippen LogP contribution is 2.32. The molecule has 1 fully saturated rings. The first kappa shape index (κ1) is 16.3. The van der Waals surface area contributed by atoms with Gasteiger partial charge < -0.3 is 19.9 Å². The maximum atomic E-state index is 12.3. The number of anilines is 1. The van der Waals surface area contributed by atoms with Crippen LogP contribution in [0.25, 0.3) is 0 Å². The van der Waals surface area contributed by atoms with Crippen molar-refractivity contribution >= 4 is 28.8 Å². The number of thiazole rings is 1. The summed E-state index contributed by atoms with van der Waals surface area (Å²) in [6.45, 7) is 0.558. The Kier molecular flexibility index (Phi) is 4.66. The lowest BCUT2D eigenvalue weighted by molar-refractivity contribution is -0.126. The average molecular weight is 347 g/mol. The molecule has 2 aromatic rings. The molecule has 2 amide bonds. The van der Waals surface area contributed by atoms with Gasteiger partial charge in [-0.05, 0) is 12.1 Å². The van der Waals surface area contributed by atoms with Gasteiger partial charge in [-0.1, -0.05) is 23.5 Å². The van der Waals surface area contributed by atoms with E-state index in [2.05, 4.69) is 10.3 Å². The minimum absolute atomic E-state index is 0.108. The van der Waals surface area contributed by atoms with E-state index < -0.39 is 5.92 Å². The van der Waals surface area contributed by atoms with Gasteiger partial charge in [-0.3, -0.25) is 14.4 Å². The molecule has 0 bridgehead atoms. The Balaban J connectivity index is 1.65. The van der Waals surface area contributed by atoms with Gasteiger partial charge >= 0.3 is 4.87 Å². The Hall–Kier alpha value is -2.61. The van der Waals surface area contributed by atoms with E-state index in [1.165, 1.54) is 0 Å². The number of para-hydroxylation sites is 2. The highest BCUT2D eigenvalue weighted by atomic mass is 32.1. The summed E-state index contributed by atoms with van der Waals surface area (Å²) in [6.07, 6.45) is 0.157. The van der Waals surface area contributed by atoms with Gasteiger partial charge in [0.15, 0.2) is 0 Å². The molecule has 8 heteroatoms. The maximum Gasteiger partial charge on any atom is 0.304 e. The molecule has 0 spiro atoms. The summed E-state index contributed by atoms with van der Waals surface area (Å²) < 4.78 is 5.28. The van der Waals surface area contributed by atoms with Gasteiger partial charge in [-0.25, -0.2) is 0 Å². The van der Waals surface area contributed by atoms with Crippen LogP contribution in [0.4, 0.5) is 5.69 Å². The fraction of sp³-hybridized carbons (Fsp3) is 0.312. The van der Waals surface area contributed by atoms with Crippen LogP contribution in [0.2, 0.25) is 0 Å². The largest absolute Gasteiger partial charge is 0.495 e. The lowest BCUT2D eigenvalue weighted by atomic mass is 10.1. The lowest BCUT2D eigenvalue weighted by Crippen LogP contribution is -2.32. The molecule has 1 saturated heterocycles. The summed E-state index contributed by atoms with van der Waals surface area (Å²) in [4.78, 5) is 39.7. The van der Waals surface area contributed by atoms with Gasteiger partial charge in [0.2, 0.25) is 11.8 Å². The number of benzene rings is 1. The zero-order chi connectivity index (χ0) is 17.1. The van der Waals surface area contributed by atoms with E-state index in [1.54, 1.807) is 29.5 Å². The molecular formula is C16H17N3O4S. The van der Waals surface area contributed by atoms with E-state index >= 15 is 0 Å². The van der Waals surface area contributed by atoms with E-state index in [0.29, 0.717) is 23.7 Å². The van der Waals surface area contributed by atoms with E-state index in [9.17, 15) is 14.4 Å². The number of nitrogens with zero attached hydrogens (tertiary/aromatic N) is 1. The van der Waals surface area contributed by atoms with Crippen LogP contribution in [0.3, 0.4) is 0 Å². The standard InChI is InChI=1S/C16H17N3O4S/c1-23-13-5-3-2-4-12(13)19-8-10(6-14(19)20)15(21)17-7-11-9-24-16(22)18-11/h2-5,9-10H,6-8H2,1H3,(H,17,21)(H,18,22)/t10-/m0/s1. The molecule has 1 aromatic heterocycles. The number of rotatable bonds is 5. The number of aromatic amines is 1. The van der Waals surface area contributed by atoms with Crippen LogP contribution in [0.15, 0.2) is 34.4 Å². The summed E-state index contributed by atoms with van der Waals surface area (Å²) in [5, 5.41) is 4.43. The summed E-state index contributed by atoms with van der Waals surface area (Å²) in [5.74, 6) is -0.132. The number of amides is 2. The second-order valence-electron chi connectivity index (χ2n) is 5.47. The predicted molar refractivity (Wildman–Crippen MR) is 90.2 cm³/mol. The molecular weight excluding hydrogens is 330 g/mol. The first-order chi connectivity index (χ1) is 11.6. The first-order valence-electron chi connectivity index (χ1n) is 7.46. The van der Waals surface area contributed by atoms with Crippen molar-refractivity contribution in [2.75, 3.05) is 18.6 Å². The minimum Gasteiger partial charge on any atom is -0.495 e. The SMILES string of the molecule is COc1ccccc1N1C[C@@H](C(=O)NCc2csc(=O)[nH]2)CC1=O. The van der Waals surface area contributed by atoms with Crippen molar-refractivity contribution in [1.29, 1.82) is 0 Å². The van der Waals surface area contributed by atoms with E-state index in [0.717, 1.165) is 11.3 Å². The lowest BCUT2D eigenvalue weighted by Gasteiger charge is -2.19. The number of hydrogen-bond donors (Lipinski definition) is 2. The quantitative estimate of drug-likeness (QED) is 0.848. The topological polar surface area (TPSA) is 91.5 Å². The number of carbonyl (C=O) groups excluding carboxylic acids is 2. The molecule has 1 aliphatic heterocycles. The van der Waals surface area contributed by atoms with Crippen LogP contribution in [0, 0.1) is 5.92 Å². The van der Waals surface area contributed by atoms with Crippen LogP contribution >= 0.6 is 11.3 Å². The average Bonchev–Trinajstić information content (AvgIpc) is 3.18. The maximum absolute atomic E-state index is 12.3. The summed E-state index contributed by atoms with van der Waals surface area (Å²) in [7, 11) is 1.55. The number of nitrogens with one attached hydrogen (secondary N) is 2. The van der Waals surface area contributed by atoms with Crippen LogP contribution in [0.5, 0.6) is 5.75 Å². The Morgan fingerprint density at radius 2 is 2.21 bits per heavy atom. The third-order valence-electron chi connectivity index (χ3n) is 3.90. The zero-order valence-electron chi connectivity index (χ0n) is 13.1. The van der Waals surface area contributed by atoms with Gasteiger partial charge in [0.25, 0.3) is 0 Å². The molecule has 0 radical (unpaired) electrons. The van der Waals surface area contributed by atoms with Crippen LogP contribution in [-0.4, -0.2) is 30.5 Å². The van der Waals surface area contributed by atoms with Crippen LogP contribution in [-0.2, 0) is 16.1 Å². The van der Waals surface area contributed by atoms with Crippen LogP contribution in [0.1, 0.15) is 12.1 Å². The van der Waals surface area contributed by atoms with E-state index in [4.69, 9.17) is 4.74 Å². The van der Waals surface area contributed by atoms with Crippen molar-refractivity contribution in [3.8, 4) is 5.75 Å². The van der Waals surface area contributed by atoms with Crippen molar-refractivity contribution in [2.24, 2.45) is 5.92 Å². The van der Waals surface area contributed by atoms with E-state index in [1.807, 2.05) is 12.1 Å². The molecule has 0 aliphatic carbocycles. The molecule has 1 aromatic carbocycles. The van der Waals surface area contributed by atoms with Crippen molar-refractivity contribution in [1.82, 2.24) is 10.3 Å². The zero-order valence-corrected chi connectivity index (χ0v) is 13.9. The van der Waals surface area contributed by atoms with Crippen molar-refractivity contribution in [2.45, 2.75) is 13.0 Å². The fourth-order valence-corrected chi connectivity index (χ4v) is 3.28. The van der Waals surface area contributed by atoms with Gasteiger partial charge in [-0.2, -0.15) is 0 Å². The number of carbonyl (C=O) groups is 2. The Bertz CT molecular complexity index is 813. The molecule has 1 atom stereocenters. The molecule has 2 heterocycles. The molecule has 2 N–H and O–H groups in total. The Morgan fingerprint density at radius 3 is 2.92 bits per heavy atom. The smallest absolute Gasteiger partial charge is 0.304 e. The van der Waals surface area contributed by atoms with Gasteiger partial charge in [0.1, 0.15) is 5.75 Å². The molecule has 0 saturated carbocycles. The highest BCUT2D eigenvalue weighted by Gasteiger charge is 2.36. The van der Waals surface area contributed by atoms with Gasteiger partial charge in [-0.15, -0.1) is 0 Å². The third kappa shape index (κ3) is 3.33. The van der Waals surface area contributed by atoms with Crippen molar-refractivity contribution < 1.29 is 14.3 Å². The molecule has 0 unspecified atom stereocenters. The van der Waals surface area contributed by atoms with Crippen molar-refractivity contribution in [3.63, 3.8) is 0 Å². The normalized spacial score (nSPS) is 17.1. The van der Waals surface area contributed by atoms with Crippen molar-refractivity contribution in [3.05, 3.63) is 45.0 Å². The number of H-pyrrole nitrogens is 1. The minimum atomic E-state index is -0.423. The molecule has 1 aliphatic rings. The number of aromatic nitrogens is 1. The molecule has 3 rings (SSSR count). The highest BCUT2D eigenvalue weighted by molar-refractivity contribution is 7.07. The number of ether oxygens (including phenoxy) is 1. The first-order valence-corrected chi connectivity index (χ1v) is 8.34. The molecule has 24 heavy (non-hydrogen) atoms.